The Morgan fingerprint density at radius 1 is 1.31 bits per heavy atom. The average Bonchev–Trinajstić information content (AvgIpc) is 2.16. The minimum absolute atomic E-state index is 0.0533. The molecule has 1 saturated carbocycles. The van der Waals surface area contributed by atoms with Gasteiger partial charge in [-0.2, -0.15) is 0 Å². The number of amides is 1. The van der Waals surface area contributed by atoms with Crippen LogP contribution in [0.1, 0.15) is 46.5 Å². The molecule has 0 aliphatic heterocycles. The fourth-order valence-corrected chi connectivity index (χ4v) is 2.79. The zero-order valence-corrected chi connectivity index (χ0v) is 10.8. The lowest BCUT2D eigenvalue weighted by Gasteiger charge is -2.32. The van der Waals surface area contributed by atoms with Crippen LogP contribution in [0.3, 0.4) is 0 Å². The van der Waals surface area contributed by atoms with Crippen LogP contribution in [-0.2, 0) is 4.79 Å². The number of carbonyl (C=O) groups is 1. The Morgan fingerprint density at radius 2 is 1.88 bits per heavy atom. The van der Waals surface area contributed by atoms with E-state index < -0.39 is 0 Å². The number of nitrogens with one attached hydrogen (secondary N) is 1. The molecular weight excluding hydrogens is 200 g/mol. The predicted octanol–water partition coefficient (Wildman–Crippen LogP) is 1.91. The molecule has 16 heavy (non-hydrogen) atoms. The standard InChI is InChI=1S/C13H26N2O/c1-9-6-10(2)8-12(7-9)15-13(16)11(3)4-5-14/h9-12H,4-8,14H2,1-3H3,(H,15,16). The molecule has 3 unspecified atom stereocenters. The average molecular weight is 226 g/mol. The first kappa shape index (κ1) is 13.5. The van der Waals surface area contributed by atoms with Crippen molar-refractivity contribution in [3.63, 3.8) is 0 Å². The van der Waals surface area contributed by atoms with Gasteiger partial charge in [-0.05, 0) is 44.1 Å². The predicted molar refractivity (Wildman–Crippen MR) is 66.9 cm³/mol. The maximum Gasteiger partial charge on any atom is 0.223 e. The van der Waals surface area contributed by atoms with Crippen molar-refractivity contribution in [3.8, 4) is 0 Å². The summed E-state index contributed by atoms with van der Waals surface area (Å²) >= 11 is 0. The maximum atomic E-state index is 11.8. The van der Waals surface area contributed by atoms with Crippen LogP contribution in [0.2, 0.25) is 0 Å². The van der Waals surface area contributed by atoms with Crippen molar-refractivity contribution in [2.24, 2.45) is 23.5 Å². The molecule has 3 heteroatoms. The van der Waals surface area contributed by atoms with E-state index >= 15 is 0 Å². The smallest absolute Gasteiger partial charge is 0.223 e. The minimum atomic E-state index is 0.0533. The summed E-state index contributed by atoms with van der Waals surface area (Å²) in [5.74, 6) is 1.70. The number of hydrogen-bond donors (Lipinski definition) is 2. The molecule has 94 valence electrons. The lowest BCUT2D eigenvalue weighted by atomic mass is 9.80. The van der Waals surface area contributed by atoms with E-state index in [0.29, 0.717) is 12.6 Å². The van der Waals surface area contributed by atoms with Crippen molar-refractivity contribution in [2.75, 3.05) is 6.54 Å². The Hall–Kier alpha value is -0.570. The van der Waals surface area contributed by atoms with Crippen molar-refractivity contribution in [2.45, 2.75) is 52.5 Å². The summed E-state index contributed by atoms with van der Waals surface area (Å²) in [7, 11) is 0. The van der Waals surface area contributed by atoms with Crippen LogP contribution in [0.15, 0.2) is 0 Å². The molecule has 1 fully saturated rings. The molecule has 0 heterocycles. The highest BCUT2D eigenvalue weighted by Crippen LogP contribution is 2.28. The first-order valence-corrected chi connectivity index (χ1v) is 6.53. The molecule has 0 bridgehead atoms. The van der Waals surface area contributed by atoms with E-state index in [-0.39, 0.29) is 11.8 Å². The van der Waals surface area contributed by atoms with Crippen molar-refractivity contribution in [1.82, 2.24) is 5.32 Å². The molecule has 3 N–H and O–H groups in total. The van der Waals surface area contributed by atoms with E-state index in [0.717, 1.165) is 31.1 Å². The lowest BCUT2D eigenvalue weighted by molar-refractivity contribution is -0.125. The quantitative estimate of drug-likeness (QED) is 0.769. The minimum Gasteiger partial charge on any atom is -0.353 e. The molecule has 0 radical (unpaired) electrons. The normalized spacial score (nSPS) is 32.1. The molecule has 1 aliphatic carbocycles. The summed E-state index contributed by atoms with van der Waals surface area (Å²) in [6, 6.07) is 0.381. The lowest BCUT2D eigenvalue weighted by Crippen LogP contribution is -2.42. The SMILES string of the molecule is CC1CC(C)CC(NC(=O)C(C)CCN)C1. The van der Waals surface area contributed by atoms with E-state index in [1.54, 1.807) is 0 Å². The Balaban J connectivity index is 2.38. The van der Waals surface area contributed by atoms with Gasteiger partial charge in [0.1, 0.15) is 0 Å². The summed E-state index contributed by atoms with van der Waals surface area (Å²) in [6.07, 6.45) is 4.34. The van der Waals surface area contributed by atoms with Crippen LogP contribution in [0.5, 0.6) is 0 Å². The second-order valence-corrected chi connectivity index (χ2v) is 5.60. The third kappa shape index (κ3) is 4.12. The van der Waals surface area contributed by atoms with Crippen LogP contribution < -0.4 is 11.1 Å². The Kier molecular flexibility index (Phi) is 5.26. The topological polar surface area (TPSA) is 55.1 Å². The highest BCUT2D eigenvalue weighted by Gasteiger charge is 2.26. The van der Waals surface area contributed by atoms with Gasteiger partial charge < -0.3 is 11.1 Å². The second kappa shape index (κ2) is 6.24. The van der Waals surface area contributed by atoms with Gasteiger partial charge in [-0.25, -0.2) is 0 Å². The van der Waals surface area contributed by atoms with Gasteiger partial charge in [0.25, 0.3) is 0 Å². The van der Waals surface area contributed by atoms with Gasteiger partial charge in [-0.3, -0.25) is 4.79 Å². The Bertz CT molecular complexity index is 220. The molecule has 0 saturated heterocycles. The van der Waals surface area contributed by atoms with Crippen LogP contribution in [0, 0.1) is 17.8 Å². The number of hydrogen-bond acceptors (Lipinski definition) is 2. The van der Waals surface area contributed by atoms with E-state index in [1.807, 2.05) is 6.92 Å². The van der Waals surface area contributed by atoms with Crippen molar-refractivity contribution >= 4 is 5.91 Å². The Labute approximate surface area is 99.2 Å². The van der Waals surface area contributed by atoms with Crippen molar-refractivity contribution in [1.29, 1.82) is 0 Å². The first-order valence-electron chi connectivity index (χ1n) is 6.53. The van der Waals surface area contributed by atoms with Gasteiger partial charge in [0.05, 0.1) is 0 Å². The summed E-state index contributed by atoms with van der Waals surface area (Å²) < 4.78 is 0. The van der Waals surface area contributed by atoms with Gasteiger partial charge in [0, 0.05) is 12.0 Å². The van der Waals surface area contributed by atoms with Gasteiger partial charge in [0.15, 0.2) is 0 Å². The van der Waals surface area contributed by atoms with Gasteiger partial charge in [-0.15, -0.1) is 0 Å². The third-order valence-corrected chi connectivity index (χ3v) is 3.57. The van der Waals surface area contributed by atoms with Crippen molar-refractivity contribution in [3.05, 3.63) is 0 Å². The third-order valence-electron chi connectivity index (χ3n) is 3.57. The van der Waals surface area contributed by atoms with Gasteiger partial charge in [0.2, 0.25) is 5.91 Å². The largest absolute Gasteiger partial charge is 0.353 e. The fraction of sp³-hybridized carbons (Fsp3) is 0.923. The van der Waals surface area contributed by atoms with Crippen LogP contribution in [-0.4, -0.2) is 18.5 Å². The Morgan fingerprint density at radius 3 is 2.38 bits per heavy atom. The summed E-state index contributed by atoms with van der Waals surface area (Å²) in [5, 5.41) is 3.17. The molecule has 0 aromatic carbocycles. The molecule has 3 atom stereocenters. The monoisotopic (exact) mass is 226 g/mol. The molecule has 0 aromatic heterocycles. The number of nitrogens with two attached hydrogens (primary N) is 1. The first-order chi connectivity index (χ1) is 7.52. The van der Waals surface area contributed by atoms with E-state index in [2.05, 4.69) is 19.2 Å². The van der Waals surface area contributed by atoms with E-state index in [9.17, 15) is 4.79 Å². The second-order valence-electron chi connectivity index (χ2n) is 5.60. The van der Waals surface area contributed by atoms with Crippen LogP contribution >= 0.6 is 0 Å². The number of carbonyl (C=O) groups excluding carboxylic acids is 1. The van der Waals surface area contributed by atoms with E-state index in [1.165, 1.54) is 6.42 Å². The molecular formula is C13H26N2O. The number of rotatable bonds is 4. The highest BCUT2D eigenvalue weighted by atomic mass is 16.1. The molecule has 1 rings (SSSR count). The molecule has 3 nitrogen and oxygen atoms in total. The summed E-state index contributed by atoms with van der Waals surface area (Å²) in [6.45, 7) is 7.10. The summed E-state index contributed by atoms with van der Waals surface area (Å²) in [4.78, 5) is 11.8. The zero-order chi connectivity index (χ0) is 12.1. The highest BCUT2D eigenvalue weighted by molar-refractivity contribution is 5.78. The molecule has 0 spiro atoms. The van der Waals surface area contributed by atoms with Crippen molar-refractivity contribution < 1.29 is 4.79 Å². The zero-order valence-electron chi connectivity index (χ0n) is 10.8. The summed E-state index contributed by atoms with van der Waals surface area (Å²) in [5.41, 5.74) is 5.46. The van der Waals surface area contributed by atoms with E-state index in [4.69, 9.17) is 5.73 Å². The van der Waals surface area contributed by atoms with Crippen LogP contribution in [0.25, 0.3) is 0 Å². The van der Waals surface area contributed by atoms with Gasteiger partial charge >= 0.3 is 0 Å². The molecule has 0 aromatic rings. The molecule has 1 aliphatic rings. The fourth-order valence-electron chi connectivity index (χ4n) is 2.79. The van der Waals surface area contributed by atoms with Crippen LogP contribution in [0.4, 0.5) is 0 Å². The van der Waals surface area contributed by atoms with Gasteiger partial charge in [-0.1, -0.05) is 20.8 Å². The molecule has 1 amide bonds. The maximum absolute atomic E-state index is 11.8.